The molecule has 0 unspecified atom stereocenters. The molecule has 0 fully saturated rings. The lowest BCUT2D eigenvalue weighted by Gasteiger charge is -2.01. The van der Waals surface area contributed by atoms with E-state index >= 15 is 0 Å². The lowest BCUT2D eigenvalue weighted by Crippen LogP contribution is -1.87. The molecule has 3 heterocycles. The summed E-state index contributed by atoms with van der Waals surface area (Å²) in [5, 5.41) is 1.95. The summed E-state index contributed by atoms with van der Waals surface area (Å²) in [6, 6.07) is 10.2. The summed E-state index contributed by atoms with van der Waals surface area (Å²) in [5.41, 5.74) is 9.27. The predicted molar refractivity (Wildman–Crippen MR) is 81.2 cm³/mol. The maximum absolute atomic E-state index is 13.0. The molecule has 4 nitrogen and oxygen atoms in total. The molecule has 102 valence electrons. The number of anilines is 1. The summed E-state index contributed by atoms with van der Waals surface area (Å²) >= 11 is 0. The Balaban J connectivity index is 1.98. The van der Waals surface area contributed by atoms with Crippen molar-refractivity contribution in [3.63, 3.8) is 0 Å². The van der Waals surface area contributed by atoms with Gasteiger partial charge in [-0.25, -0.2) is 14.4 Å². The minimum Gasteiger partial charge on any atom is -0.384 e. The van der Waals surface area contributed by atoms with Gasteiger partial charge in [0.15, 0.2) is 0 Å². The second kappa shape index (κ2) is 4.28. The first-order valence-electron chi connectivity index (χ1n) is 6.49. The van der Waals surface area contributed by atoms with E-state index in [2.05, 4.69) is 15.0 Å². The average Bonchev–Trinajstić information content (AvgIpc) is 2.85. The van der Waals surface area contributed by atoms with Gasteiger partial charge in [-0.05, 0) is 29.8 Å². The van der Waals surface area contributed by atoms with Gasteiger partial charge in [-0.3, -0.25) is 0 Å². The first kappa shape index (κ1) is 11.8. The standard InChI is InChI=1S/C16H11FN4/c17-11-3-1-9(2-4-11)10-5-13-12-6-15(18)19-8-14(12)21-16(13)20-7-10/h1-8H,(H2,18,19)(H,20,21). The van der Waals surface area contributed by atoms with Gasteiger partial charge in [0.2, 0.25) is 0 Å². The van der Waals surface area contributed by atoms with Gasteiger partial charge in [0.1, 0.15) is 17.3 Å². The Labute approximate surface area is 119 Å². The zero-order valence-corrected chi connectivity index (χ0v) is 11.0. The van der Waals surface area contributed by atoms with Crippen molar-refractivity contribution < 1.29 is 4.39 Å². The van der Waals surface area contributed by atoms with Crippen LogP contribution < -0.4 is 5.73 Å². The Morgan fingerprint density at radius 2 is 1.71 bits per heavy atom. The first-order valence-corrected chi connectivity index (χ1v) is 6.49. The highest BCUT2D eigenvalue weighted by molar-refractivity contribution is 6.07. The normalized spacial score (nSPS) is 11.3. The maximum Gasteiger partial charge on any atom is 0.138 e. The zero-order valence-electron chi connectivity index (χ0n) is 11.0. The number of nitrogens with zero attached hydrogens (tertiary/aromatic N) is 2. The molecule has 0 aliphatic heterocycles. The van der Waals surface area contributed by atoms with Crippen LogP contribution in [0.4, 0.5) is 10.2 Å². The van der Waals surface area contributed by atoms with Crippen LogP contribution >= 0.6 is 0 Å². The molecule has 21 heavy (non-hydrogen) atoms. The van der Waals surface area contributed by atoms with E-state index in [-0.39, 0.29) is 5.82 Å². The molecule has 0 amide bonds. The van der Waals surface area contributed by atoms with E-state index in [0.717, 1.165) is 33.1 Å². The molecule has 0 saturated carbocycles. The summed E-state index contributed by atoms with van der Waals surface area (Å²) < 4.78 is 13.0. The number of fused-ring (bicyclic) bond motifs is 3. The molecule has 0 aliphatic carbocycles. The van der Waals surface area contributed by atoms with Crippen LogP contribution in [0.25, 0.3) is 33.1 Å². The smallest absolute Gasteiger partial charge is 0.138 e. The molecule has 4 rings (SSSR count). The number of nitrogen functional groups attached to an aromatic ring is 1. The molecule has 0 radical (unpaired) electrons. The number of nitrogens with two attached hydrogens (primary N) is 1. The third-order valence-corrected chi connectivity index (χ3v) is 3.53. The average molecular weight is 278 g/mol. The van der Waals surface area contributed by atoms with Crippen molar-refractivity contribution in [1.29, 1.82) is 0 Å². The van der Waals surface area contributed by atoms with Crippen LogP contribution in [0.5, 0.6) is 0 Å². The summed E-state index contributed by atoms with van der Waals surface area (Å²) in [6.07, 6.45) is 3.46. The molecule has 3 N–H and O–H groups in total. The van der Waals surface area contributed by atoms with Gasteiger partial charge >= 0.3 is 0 Å². The van der Waals surface area contributed by atoms with E-state index in [4.69, 9.17) is 5.73 Å². The minimum atomic E-state index is -0.251. The molecular formula is C16H11FN4. The van der Waals surface area contributed by atoms with Crippen molar-refractivity contribution in [2.75, 3.05) is 5.73 Å². The van der Waals surface area contributed by atoms with E-state index in [9.17, 15) is 4.39 Å². The summed E-state index contributed by atoms with van der Waals surface area (Å²) in [7, 11) is 0. The summed E-state index contributed by atoms with van der Waals surface area (Å²) in [6.45, 7) is 0. The third-order valence-electron chi connectivity index (χ3n) is 3.53. The van der Waals surface area contributed by atoms with Gasteiger partial charge in [-0.2, -0.15) is 0 Å². The predicted octanol–water partition coefficient (Wildman–Crippen LogP) is 3.50. The quantitative estimate of drug-likeness (QED) is 0.560. The van der Waals surface area contributed by atoms with E-state index in [1.807, 2.05) is 12.1 Å². The number of rotatable bonds is 1. The number of pyridine rings is 2. The highest BCUT2D eigenvalue weighted by Gasteiger charge is 2.08. The maximum atomic E-state index is 13.0. The van der Waals surface area contributed by atoms with E-state index in [1.54, 1.807) is 24.5 Å². The van der Waals surface area contributed by atoms with Gasteiger partial charge in [-0.1, -0.05) is 12.1 Å². The Kier molecular flexibility index (Phi) is 2.41. The monoisotopic (exact) mass is 278 g/mol. The van der Waals surface area contributed by atoms with Crippen molar-refractivity contribution in [2.24, 2.45) is 0 Å². The van der Waals surface area contributed by atoms with Gasteiger partial charge in [0.05, 0.1) is 11.7 Å². The molecule has 0 saturated heterocycles. The summed E-state index contributed by atoms with van der Waals surface area (Å²) in [5.74, 6) is 0.217. The second-order valence-electron chi connectivity index (χ2n) is 4.91. The number of hydrogen-bond acceptors (Lipinski definition) is 3. The molecule has 0 bridgehead atoms. The van der Waals surface area contributed by atoms with Gasteiger partial charge < -0.3 is 10.7 Å². The molecule has 4 aromatic rings. The van der Waals surface area contributed by atoms with Crippen LogP contribution in [0.15, 0.2) is 48.8 Å². The number of hydrogen-bond donors (Lipinski definition) is 2. The van der Waals surface area contributed by atoms with E-state index < -0.39 is 0 Å². The minimum absolute atomic E-state index is 0.251. The second-order valence-corrected chi connectivity index (χ2v) is 4.91. The Bertz CT molecular complexity index is 957. The fourth-order valence-corrected chi connectivity index (χ4v) is 2.49. The van der Waals surface area contributed by atoms with Crippen LogP contribution in [0.3, 0.4) is 0 Å². The van der Waals surface area contributed by atoms with Crippen LogP contribution in [-0.2, 0) is 0 Å². The third kappa shape index (κ3) is 1.90. The van der Waals surface area contributed by atoms with Crippen LogP contribution in [0, 0.1) is 5.82 Å². The Hall–Kier alpha value is -2.95. The molecule has 3 aromatic heterocycles. The van der Waals surface area contributed by atoms with E-state index in [0.29, 0.717) is 5.82 Å². The van der Waals surface area contributed by atoms with Gasteiger partial charge in [0, 0.05) is 22.5 Å². The van der Waals surface area contributed by atoms with Crippen LogP contribution in [0.2, 0.25) is 0 Å². The van der Waals surface area contributed by atoms with Crippen molar-refractivity contribution in [3.8, 4) is 11.1 Å². The fourth-order valence-electron chi connectivity index (χ4n) is 2.49. The van der Waals surface area contributed by atoms with Gasteiger partial charge in [0.25, 0.3) is 0 Å². The van der Waals surface area contributed by atoms with E-state index in [1.165, 1.54) is 12.1 Å². The topological polar surface area (TPSA) is 67.6 Å². The molecule has 1 aromatic carbocycles. The first-order chi connectivity index (χ1) is 10.2. The fraction of sp³-hybridized carbons (Fsp3) is 0. The number of halogens is 1. The molecule has 5 heteroatoms. The van der Waals surface area contributed by atoms with Crippen molar-refractivity contribution >= 4 is 27.8 Å². The Morgan fingerprint density at radius 3 is 2.52 bits per heavy atom. The lowest BCUT2D eigenvalue weighted by atomic mass is 10.1. The SMILES string of the molecule is Nc1cc2c(cn1)[nH]c1ncc(-c3ccc(F)cc3)cc12. The highest BCUT2D eigenvalue weighted by atomic mass is 19.1. The molecule has 0 aliphatic rings. The van der Waals surface area contributed by atoms with Crippen LogP contribution in [0.1, 0.15) is 0 Å². The number of nitrogens with one attached hydrogen (secondary N) is 1. The number of aromatic nitrogens is 3. The summed E-state index contributed by atoms with van der Waals surface area (Å²) in [4.78, 5) is 11.7. The lowest BCUT2D eigenvalue weighted by molar-refractivity contribution is 0.628. The van der Waals surface area contributed by atoms with Gasteiger partial charge in [-0.15, -0.1) is 0 Å². The largest absolute Gasteiger partial charge is 0.384 e. The van der Waals surface area contributed by atoms with Crippen LogP contribution in [-0.4, -0.2) is 15.0 Å². The Morgan fingerprint density at radius 1 is 0.905 bits per heavy atom. The highest BCUT2D eigenvalue weighted by Crippen LogP contribution is 2.29. The molecular weight excluding hydrogens is 267 g/mol. The molecule has 0 atom stereocenters. The zero-order chi connectivity index (χ0) is 14.4. The number of H-pyrrole nitrogens is 1. The van der Waals surface area contributed by atoms with Crippen molar-refractivity contribution in [1.82, 2.24) is 15.0 Å². The molecule has 0 spiro atoms. The number of benzene rings is 1. The van der Waals surface area contributed by atoms with Crippen molar-refractivity contribution in [3.05, 3.63) is 54.6 Å². The van der Waals surface area contributed by atoms with Crippen molar-refractivity contribution in [2.45, 2.75) is 0 Å². The number of aromatic amines is 1.